The molecule has 14 nitrogen and oxygen atoms in total. The zero-order valence-electron chi connectivity index (χ0n) is 22.5. The van der Waals surface area contributed by atoms with Crippen LogP contribution in [0.1, 0.15) is 20.1 Å². The number of thioether (sulfide) groups is 1. The Kier molecular flexibility index (Phi) is 8.70. The van der Waals surface area contributed by atoms with Crippen molar-refractivity contribution < 1.29 is 38.5 Å². The van der Waals surface area contributed by atoms with Gasteiger partial charge in [0.1, 0.15) is 40.1 Å². The van der Waals surface area contributed by atoms with Crippen LogP contribution in [-0.2, 0) is 18.6 Å². The fourth-order valence-electron chi connectivity index (χ4n) is 4.60. The first-order chi connectivity index (χ1) is 19.8. The number of anilines is 1. The van der Waals surface area contributed by atoms with Crippen LogP contribution in [-0.4, -0.2) is 77.5 Å². The van der Waals surface area contributed by atoms with Crippen LogP contribution in [0.15, 0.2) is 47.5 Å². The quantitative estimate of drug-likeness (QED) is 0.0523. The molecule has 1 aliphatic rings. The standard InChI is InChI=1S/C25H28IN6O8PS/c1-12(21(34)35)31-41(37,40-15-10-6-8-13-7-4-5-9-14(13)15)38-11-16-18(33)25(2,36)22(39-16)32-19-17(28-23(32)26)20(42-3)30-24(27)29-19/h4-10,12,16,18,22,33,36H,11H2,1-3H3,(H,31,37)(H,34,35)(H2,27,29,30)/t12?,16-,18-,22-,25-,41?/m1/s1. The molecule has 2 unspecified atom stereocenters. The van der Waals surface area contributed by atoms with Crippen LogP contribution in [0.25, 0.3) is 21.9 Å². The Balaban J connectivity index is 1.44. The molecule has 6 N–H and O–H groups in total. The van der Waals surface area contributed by atoms with Gasteiger partial charge in [-0.05, 0) is 31.6 Å². The number of aliphatic hydroxyl groups is 2. The van der Waals surface area contributed by atoms with Crippen molar-refractivity contribution in [2.45, 2.75) is 49.0 Å². The molecular formula is C25H28IN6O8PS. The molecule has 17 heteroatoms. The van der Waals surface area contributed by atoms with E-state index in [4.69, 9.17) is 19.5 Å². The average molecular weight is 730 g/mol. The van der Waals surface area contributed by atoms with Crippen LogP contribution in [0.4, 0.5) is 5.95 Å². The molecule has 2 aromatic heterocycles. The minimum Gasteiger partial charge on any atom is -0.480 e. The molecule has 0 aliphatic carbocycles. The molecule has 0 saturated carbocycles. The highest BCUT2D eigenvalue weighted by molar-refractivity contribution is 14.1. The zero-order chi connectivity index (χ0) is 30.4. The highest BCUT2D eigenvalue weighted by Crippen LogP contribution is 2.48. The lowest BCUT2D eigenvalue weighted by molar-refractivity contribution is -0.138. The number of benzene rings is 2. The minimum atomic E-state index is -4.39. The number of halogens is 1. The number of nitrogen functional groups attached to an aromatic ring is 1. The topological polar surface area (TPSA) is 204 Å². The number of carbonyl (C=O) groups is 1. The van der Waals surface area contributed by atoms with E-state index in [2.05, 4.69) is 20.0 Å². The molecule has 0 spiro atoms. The van der Waals surface area contributed by atoms with E-state index >= 15 is 0 Å². The van der Waals surface area contributed by atoms with Crippen LogP contribution in [0.5, 0.6) is 5.75 Å². The fraction of sp³-hybridized carbons (Fsp3) is 0.360. The number of imidazole rings is 1. The van der Waals surface area contributed by atoms with E-state index in [-0.39, 0.29) is 17.3 Å². The first-order valence-corrected chi connectivity index (χ1v) is 16.4. The first-order valence-electron chi connectivity index (χ1n) is 12.6. The van der Waals surface area contributed by atoms with Gasteiger partial charge in [-0.25, -0.2) is 14.5 Å². The molecule has 0 bridgehead atoms. The number of aliphatic hydroxyl groups excluding tert-OH is 1. The van der Waals surface area contributed by atoms with Crippen LogP contribution < -0.4 is 15.3 Å². The van der Waals surface area contributed by atoms with Crippen molar-refractivity contribution in [2.24, 2.45) is 0 Å². The predicted octanol–water partition coefficient (Wildman–Crippen LogP) is 3.16. The SMILES string of the molecule is CSc1nc(N)nc2c1nc(I)n2[C@@H]1O[C@H](COP(=O)(NC(C)C(=O)O)Oc2cccc3ccccc23)[C@@H](O)[C@@]1(C)O. The van der Waals surface area contributed by atoms with E-state index in [1.165, 1.54) is 30.2 Å². The summed E-state index contributed by atoms with van der Waals surface area (Å²) in [5.41, 5.74) is 4.75. The van der Waals surface area contributed by atoms with E-state index in [1.54, 1.807) is 24.3 Å². The highest BCUT2D eigenvalue weighted by atomic mass is 127. The van der Waals surface area contributed by atoms with Gasteiger partial charge in [-0.1, -0.05) is 36.4 Å². The fourth-order valence-corrected chi connectivity index (χ4v) is 7.36. The lowest BCUT2D eigenvalue weighted by Crippen LogP contribution is -2.44. The third-order valence-corrected chi connectivity index (χ3v) is 9.83. The van der Waals surface area contributed by atoms with Crippen molar-refractivity contribution in [2.75, 3.05) is 18.6 Å². The summed E-state index contributed by atoms with van der Waals surface area (Å²) < 4.78 is 33.4. The summed E-state index contributed by atoms with van der Waals surface area (Å²) in [5, 5.41) is 36.3. The third-order valence-electron chi connectivity index (χ3n) is 6.76. The smallest absolute Gasteiger partial charge is 0.459 e. The van der Waals surface area contributed by atoms with Crippen molar-refractivity contribution in [3.63, 3.8) is 0 Å². The lowest BCUT2D eigenvalue weighted by Gasteiger charge is -2.28. The van der Waals surface area contributed by atoms with Crippen molar-refractivity contribution in [1.29, 1.82) is 0 Å². The number of aliphatic carboxylic acids is 1. The monoisotopic (exact) mass is 730 g/mol. The van der Waals surface area contributed by atoms with Gasteiger partial charge < -0.3 is 30.3 Å². The van der Waals surface area contributed by atoms with E-state index < -0.39 is 50.4 Å². The number of aromatic nitrogens is 4. The molecule has 1 fully saturated rings. The van der Waals surface area contributed by atoms with Gasteiger partial charge in [-0.2, -0.15) is 10.1 Å². The van der Waals surface area contributed by atoms with Crippen LogP contribution in [0, 0.1) is 3.83 Å². The van der Waals surface area contributed by atoms with Crippen molar-refractivity contribution in [3.05, 3.63) is 46.3 Å². The Morgan fingerprint density at radius 3 is 2.71 bits per heavy atom. The lowest BCUT2D eigenvalue weighted by atomic mass is 9.96. The van der Waals surface area contributed by atoms with Crippen molar-refractivity contribution >= 4 is 76.0 Å². The van der Waals surface area contributed by atoms with Crippen LogP contribution in [0.2, 0.25) is 0 Å². The molecule has 4 aromatic rings. The highest BCUT2D eigenvalue weighted by Gasteiger charge is 2.54. The molecule has 0 amide bonds. The van der Waals surface area contributed by atoms with Crippen LogP contribution >= 0.6 is 42.1 Å². The third kappa shape index (κ3) is 5.81. The van der Waals surface area contributed by atoms with Crippen LogP contribution in [0.3, 0.4) is 0 Å². The number of rotatable bonds is 10. The van der Waals surface area contributed by atoms with Gasteiger partial charge in [-0.15, -0.1) is 11.8 Å². The Labute approximate surface area is 257 Å². The number of hydrogen-bond donors (Lipinski definition) is 5. The van der Waals surface area contributed by atoms with Gasteiger partial charge in [-0.3, -0.25) is 13.9 Å². The number of fused-ring (bicyclic) bond motifs is 2. The summed E-state index contributed by atoms with van der Waals surface area (Å²) in [6.07, 6.45) is -2.14. The molecule has 1 saturated heterocycles. The number of hydrogen-bond acceptors (Lipinski definition) is 12. The Bertz CT molecular complexity index is 1700. The first kappa shape index (κ1) is 30.9. The van der Waals surface area contributed by atoms with Crippen molar-refractivity contribution in [3.8, 4) is 5.75 Å². The van der Waals surface area contributed by atoms with Gasteiger partial charge in [0.2, 0.25) is 5.95 Å². The number of nitrogens with two attached hydrogens (primary N) is 1. The summed E-state index contributed by atoms with van der Waals surface area (Å²) in [6, 6.07) is 11.0. The number of carboxylic acid groups (broad SMARTS) is 1. The molecule has 42 heavy (non-hydrogen) atoms. The van der Waals surface area contributed by atoms with Gasteiger partial charge in [0.05, 0.1) is 6.61 Å². The van der Waals surface area contributed by atoms with E-state index in [9.17, 15) is 24.7 Å². The maximum absolute atomic E-state index is 13.9. The number of nitrogens with one attached hydrogen (secondary N) is 1. The number of nitrogens with zero attached hydrogens (tertiary/aromatic N) is 4. The predicted molar refractivity (Wildman–Crippen MR) is 163 cm³/mol. The maximum atomic E-state index is 13.9. The van der Waals surface area contributed by atoms with Gasteiger partial charge in [0, 0.05) is 28.0 Å². The molecule has 2 aromatic carbocycles. The largest absolute Gasteiger partial charge is 0.480 e. The van der Waals surface area contributed by atoms with Gasteiger partial charge in [0.15, 0.2) is 15.7 Å². The Morgan fingerprint density at radius 1 is 1.29 bits per heavy atom. The summed E-state index contributed by atoms with van der Waals surface area (Å²) >= 11 is 3.27. The summed E-state index contributed by atoms with van der Waals surface area (Å²) in [7, 11) is -4.39. The normalized spacial score (nSPS) is 24.6. The van der Waals surface area contributed by atoms with E-state index in [1.807, 2.05) is 47.0 Å². The number of ether oxygens (including phenoxy) is 1. The summed E-state index contributed by atoms with van der Waals surface area (Å²) in [6.45, 7) is 2.13. The molecule has 3 heterocycles. The molecule has 5 rings (SSSR count). The molecule has 224 valence electrons. The average Bonchev–Trinajstić information content (AvgIpc) is 3.38. The molecule has 1 aliphatic heterocycles. The van der Waals surface area contributed by atoms with E-state index in [0.717, 1.165) is 5.39 Å². The number of carboxylic acids is 1. The minimum absolute atomic E-state index is 0.00683. The summed E-state index contributed by atoms with van der Waals surface area (Å²) in [5.74, 6) is -1.10. The van der Waals surface area contributed by atoms with Gasteiger partial charge in [0.25, 0.3) is 0 Å². The second kappa shape index (κ2) is 11.8. The van der Waals surface area contributed by atoms with Crippen molar-refractivity contribution in [1.82, 2.24) is 24.6 Å². The van der Waals surface area contributed by atoms with E-state index in [0.29, 0.717) is 19.8 Å². The molecule has 0 radical (unpaired) electrons. The Morgan fingerprint density at radius 2 is 2.00 bits per heavy atom. The molecule has 6 atom stereocenters. The second-order valence-electron chi connectivity index (χ2n) is 9.76. The zero-order valence-corrected chi connectivity index (χ0v) is 26.4. The van der Waals surface area contributed by atoms with Gasteiger partial charge >= 0.3 is 13.7 Å². The molecular weight excluding hydrogens is 702 g/mol. The Hall–Kier alpha value is -2.57. The summed E-state index contributed by atoms with van der Waals surface area (Å²) in [4.78, 5) is 24.6. The second-order valence-corrected chi connectivity index (χ2v) is 13.2. The maximum Gasteiger partial charge on any atom is 0.459 e.